The lowest BCUT2D eigenvalue weighted by molar-refractivity contribution is 0.514. The summed E-state index contributed by atoms with van der Waals surface area (Å²) in [6, 6.07) is 6.65. The lowest BCUT2D eigenvalue weighted by atomic mass is 10.3. The third-order valence-corrected chi connectivity index (χ3v) is 3.24. The summed E-state index contributed by atoms with van der Waals surface area (Å²) in [4.78, 5) is 4.45. The van der Waals surface area contributed by atoms with Crippen LogP contribution in [0.5, 0.6) is 0 Å². The molecule has 16 heavy (non-hydrogen) atoms. The SMILES string of the molecule is Brc1ccc2oc(CCNC3CC3)nc2c1. The van der Waals surface area contributed by atoms with Gasteiger partial charge in [0.25, 0.3) is 0 Å². The zero-order valence-corrected chi connectivity index (χ0v) is 10.5. The second kappa shape index (κ2) is 4.18. The normalized spacial score (nSPS) is 15.8. The third-order valence-electron chi connectivity index (χ3n) is 2.74. The quantitative estimate of drug-likeness (QED) is 0.936. The van der Waals surface area contributed by atoms with Gasteiger partial charge in [0.15, 0.2) is 11.5 Å². The first-order chi connectivity index (χ1) is 7.81. The Morgan fingerprint density at radius 3 is 3.12 bits per heavy atom. The van der Waals surface area contributed by atoms with Gasteiger partial charge in [-0.2, -0.15) is 0 Å². The Morgan fingerprint density at radius 1 is 1.44 bits per heavy atom. The topological polar surface area (TPSA) is 38.1 Å². The fourth-order valence-electron chi connectivity index (χ4n) is 1.73. The van der Waals surface area contributed by atoms with E-state index >= 15 is 0 Å². The standard InChI is InChI=1S/C12H13BrN2O/c13-8-1-4-11-10(7-8)15-12(16-11)5-6-14-9-2-3-9/h1,4,7,9,14H,2-3,5-6H2. The molecule has 1 N–H and O–H groups in total. The van der Waals surface area contributed by atoms with Gasteiger partial charge in [0, 0.05) is 23.5 Å². The average molecular weight is 281 g/mol. The number of benzene rings is 1. The Kier molecular flexibility index (Phi) is 2.69. The molecule has 1 heterocycles. The second-order valence-electron chi connectivity index (χ2n) is 4.20. The summed E-state index contributed by atoms with van der Waals surface area (Å²) in [5, 5.41) is 3.45. The van der Waals surface area contributed by atoms with Gasteiger partial charge in [-0.05, 0) is 31.0 Å². The third kappa shape index (κ3) is 2.28. The van der Waals surface area contributed by atoms with Crippen LogP contribution in [0.25, 0.3) is 11.1 Å². The van der Waals surface area contributed by atoms with Crippen molar-refractivity contribution < 1.29 is 4.42 Å². The van der Waals surface area contributed by atoms with E-state index in [1.807, 2.05) is 18.2 Å². The van der Waals surface area contributed by atoms with E-state index in [1.165, 1.54) is 12.8 Å². The Bertz CT molecular complexity index is 505. The predicted octanol–water partition coefficient (Wildman–Crippen LogP) is 2.88. The highest BCUT2D eigenvalue weighted by atomic mass is 79.9. The van der Waals surface area contributed by atoms with Crippen molar-refractivity contribution in [2.24, 2.45) is 0 Å². The fourth-order valence-corrected chi connectivity index (χ4v) is 2.07. The van der Waals surface area contributed by atoms with Gasteiger partial charge in [0.1, 0.15) is 5.52 Å². The van der Waals surface area contributed by atoms with E-state index in [0.29, 0.717) is 0 Å². The molecule has 0 saturated heterocycles. The van der Waals surface area contributed by atoms with E-state index < -0.39 is 0 Å². The van der Waals surface area contributed by atoms with Crippen molar-refractivity contribution in [3.63, 3.8) is 0 Å². The smallest absolute Gasteiger partial charge is 0.196 e. The summed E-state index contributed by atoms with van der Waals surface area (Å²) in [6.07, 6.45) is 3.50. The molecule has 3 rings (SSSR count). The second-order valence-corrected chi connectivity index (χ2v) is 5.11. The molecule has 1 fully saturated rings. The number of hydrogen-bond acceptors (Lipinski definition) is 3. The first kappa shape index (κ1) is 10.3. The highest BCUT2D eigenvalue weighted by Crippen LogP contribution is 2.21. The number of aromatic nitrogens is 1. The molecule has 84 valence electrons. The summed E-state index contributed by atoms with van der Waals surface area (Å²) in [5.74, 6) is 0.821. The Labute approximate surface area is 102 Å². The van der Waals surface area contributed by atoms with E-state index in [-0.39, 0.29) is 0 Å². The Morgan fingerprint density at radius 2 is 2.31 bits per heavy atom. The molecular formula is C12H13BrN2O. The van der Waals surface area contributed by atoms with Crippen molar-refractivity contribution in [1.29, 1.82) is 0 Å². The summed E-state index contributed by atoms with van der Waals surface area (Å²) in [6.45, 7) is 0.957. The molecule has 2 aromatic rings. The Balaban J connectivity index is 1.71. The lowest BCUT2D eigenvalue weighted by Gasteiger charge is -1.97. The van der Waals surface area contributed by atoms with Crippen LogP contribution >= 0.6 is 15.9 Å². The molecule has 0 atom stereocenters. The van der Waals surface area contributed by atoms with Crippen molar-refractivity contribution in [2.75, 3.05) is 6.54 Å². The molecule has 0 unspecified atom stereocenters. The summed E-state index contributed by atoms with van der Waals surface area (Å²) >= 11 is 3.43. The van der Waals surface area contributed by atoms with Crippen molar-refractivity contribution in [3.05, 3.63) is 28.6 Å². The fraction of sp³-hybridized carbons (Fsp3) is 0.417. The minimum atomic E-state index is 0.749. The van der Waals surface area contributed by atoms with Gasteiger partial charge < -0.3 is 9.73 Å². The van der Waals surface area contributed by atoms with Crippen molar-refractivity contribution in [3.8, 4) is 0 Å². The zero-order valence-electron chi connectivity index (χ0n) is 8.87. The van der Waals surface area contributed by atoms with Crippen LogP contribution < -0.4 is 5.32 Å². The minimum absolute atomic E-state index is 0.749. The number of fused-ring (bicyclic) bond motifs is 1. The van der Waals surface area contributed by atoms with Crippen LogP contribution in [0.2, 0.25) is 0 Å². The zero-order chi connectivity index (χ0) is 11.0. The van der Waals surface area contributed by atoms with Crippen LogP contribution in [0.1, 0.15) is 18.7 Å². The number of halogens is 1. The predicted molar refractivity (Wildman–Crippen MR) is 66.4 cm³/mol. The van der Waals surface area contributed by atoms with E-state index in [2.05, 4.69) is 26.2 Å². The average Bonchev–Trinajstić information content (AvgIpc) is 2.98. The summed E-state index contributed by atoms with van der Waals surface area (Å²) in [7, 11) is 0. The van der Waals surface area contributed by atoms with E-state index in [9.17, 15) is 0 Å². The van der Waals surface area contributed by atoms with Crippen LogP contribution in [-0.4, -0.2) is 17.6 Å². The van der Waals surface area contributed by atoms with Crippen molar-refractivity contribution in [1.82, 2.24) is 10.3 Å². The molecule has 1 aliphatic rings. The summed E-state index contributed by atoms with van der Waals surface area (Å²) < 4.78 is 6.69. The maximum atomic E-state index is 5.65. The highest BCUT2D eigenvalue weighted by molar-refractivity contribution is 9.10. The number of nitrogens with one attached hydrogen (secondary N) is 1. The van der Waals surface area contributed by atoms with Crippen LogP contribution in [0.15, 0.2) is 27.1 Å². The maximum Gasteiger partial charge on any atom is 0.196 e. The Hall–Kier alpha value is -0.870. The molecule has 3 nitrogen and oxygen atoms in total. The molecule has 0 radical (unpaired) electrons. The molecule has 1 aromatic carbocycles. The first-order valence-corrected chi connectivity index (χ1v) is 6.39. The van der Waals surface area contributed by atoms with E-state index in [0.717, 1.165) is 40.5 Å². The van der Waals surface area contributed by atoms with Gasteiger partial charge >= 0.3 is 0 Å². The lowest BCUT2D eigenvalue weighted by Crippen LogP contribution is -2.19. The molecule has 0 bridgehead atoms. The van der Waals surface area contributed by atoms with E-state index in [1.54, 1.807) is 0 Å². The number of hydrogen-bond donors (Lipinski definition) is 1. The largest absolute Gasteiger partial charge is 0.441 e. The molecule has 0 amide bonds. The van der Waals surface area contributed by atoms with Crippen LogP contribution in [0, 0.1) is 0 Å². The minimum Gasteiger partial charge on any atom is -0.441 e. The molecule has 4 heteroatoms. The van der Waals surface area contributed by atoms with Crippen LogP contribution in [0.4, 0.5) is 0 Å². The van der Waals surface area contributed by atoms with Gasteiger partial charge in [0.05, 0.1) is 0 Å². The van der Waals surface area contributed by atoms with Gasteiger partial charge in [-0.1, -0.05) is 15.9 Å². The highest BCUT2D eigenvalue weighted by Gasteiger charge is 2.20. The number of rotatable bonds is 4. The number of nitrogens with zero attached hydrogens (tertiary/aromatic N) is 1. The van der Waals surface area contributed by atoms with Gasteiger partial charge in [-0.3, -0.25) is 0 Å². The van der Waals surface area contributed by atoms with Crippen molar-refractivity contribution >= 4 is 27.0 Å². The van der Waals surface area contributed by atoms with Crippen LogP contribution in [0.3, 0.4) is 0 Å². The molecule has 0 aliphatic heterocycles. The number of oxazole rings is 1. The van der Waals surface area contributed by atoms with Gasteiger partial charge in [-0.25, -0.2) is 4.98 Å². The monoisotopic (exact) mass is 280 g/mol. The molecule has 1 saturated carbocycles. The summed E-state index contributed by atoms with van der Waals surface area (Å²) in [5.41, 5.74) is 1.79. The van der Waals surface area contributed by atoms with Crippen molar-refractivity contribution in [2.45, 2.75) is 25.3 Å². The molecular weight excluding hydrogens is 268 g/mol. The van der Waals surface area contributed by atoms with E-state index in [4.69, 9.17) is 4.42 Å². The first-order valence-electron chi connectivity index (χ1n) is 5.59. The van der Waals surface area contributed by atoms with Gasteiger partial charge in [-0.15, -0.1) is 0 Å². The molecule has 1 aromatic heterocycles. The van der Waals surface area contributed by atoms with Crippen LogP contribution in [-0.2, 0) is 6.42 Å². The molecule has 1 aliphatic carbocycles. The van der Waals surface area contributed by atoms with Gasteiger partial charge in [0.2, 0.25) is 0 Å². The molecule has 0 spiro atoms. The maximum absolute atomic E-state index is 5.65.